The lowest BCUT2D eigenvalue weighted by atomic mass is 9.95. The van der Waals surface area contributed by atoms with Gasteiger partial charge in [-0.25, -0.2) is 4.79 Å². The predicted octanol–water partition coefficient (Wildman–Crippen LogP) is 4.44. The van der Waals surface area contributed by atoms with Crippen LogP contribution in [0.5, 0.6) is 5.75 Å². The van der Waals surface area contributed by atoms with E-state index in [0.717, 1.165) is 0 Å². The van der Waals surface area contributed by atoms with Crippen LogP contribution in [0, 0.1) is 22.5 Å². The minimum atomic E-state index is -0.680. The van der Waals surface area contributed by atoms with Gasteiger partial charge in [-0.15, -0.1) is 0 Å². The zero-order valence-corrected chi connectivity index (χ0v) is 16.8. The van der Waals surface area contributed by atoms with E-state index in [1.165, 1.54) is 24.3 Å². The minimum absolute atomic E-state index is 0.106. The molecular formula is C20H21ClN2O5. The van der Waals surface area contributed by atoms with E-state index in [0.29, 0.717) is 11.1 Å². The molecule has 2 rings (SSSR count). The number of carbonyl (C=O) groups is 2. The summed E-state index contributed by atoms with van der Waals surface area (Å²) in [4.78, 5) is 34.8. The SMILES string of the molecule is Cc1ccc(CNC(=O)C(C)(C)C)c(Cl)c1C(=O)Oc1ccc([N+](=O)[O-])cc1. The number of amides is 1. The number of esters is 1. The van der Waals surface area contributed by atoms with E-state index >= 15 is 0 Å². The normalized spacial score (nSPS) is 11.0. The maximum absolute atomic E-state index is 12.6. The molecule has 8 heteroatoms. The molecule has 0 aliphatic rings. The minimum Gasteiger partial charge on any atom is -0.423 e. The number of rotatable bonds is 5. The third-order valence-corrected chi connectivity index (χ3v) is 4.44. The molecule has 0 bridgehead atoms. The predicted molar refractivity (Wildman–Crippen MR) is 106 cm³/mol. The number of nitrogens with zero attached hydrogens (tertiary/aromatic N) is 1. The first kappa shape index (κ1) is 21.4. The summed E-state index contributed by atoms with van der Waals surface area (Å²) in [5, 5.41) is 13.7. The Morgan fingerprint density at radius 1 is 1.14 bits per heavy atom. The molecule has 0 saturated carbocycles. The van der Waals surface area contributed by atoms with Crippen molar-refractivity contribution in [3.63, 3.8) is 0 Å². The van der Waals surface area contributed by atoms with Crippen molar-refractivity contribution in [3.8, 4) is 5.75 Å². The average Bonchev–Trinajstić information content (AvgIpc) is 2.60. The van der Waals surface area contributed by atoms with E-state index in [1.54, 1.807) is 39.8 Å². The van der Waals surface area contributed by atoms with Gasteiger partial charge in [-0.2, -0.15) is 0 Å². The molecular weight excluding hydrogens is 384 g/mol. The molecule has 0 atom stereocenters. The van der Waals surface area contributed by atoms with Crippen molar-refractivity contribution in [1.29, 1.82) is 0 Å². The Kier molecular flexibility index (Phi) is 6.41. The lowest BCUT2D eigenvalue weighted by Crippen LogP contribution is -2.34. The summed E-state index contributed by atoms with van der Waals surface area (Å²) in [6, 6.07) is 8.63. The molecule has 28 heavy (non-hydrogen) atoms. The van der Waals surface area contributed by atoms with E-state index in [9.17, 15) is 19.7 Å². The van der Waals surface area contributed by atoms with Crippen LogP contribution >= 0.6 is 11.6 Å². The van der Waals surface area contributed by atoms with Crippen molar-refractivity contribution < 1.29 is 19.2 Å². The highest BCUT2D eigenvalue weighted by Crippen LogP contribution is 2.27. The first-order valence-corrected chi connectivity index (χ1v) is 8.91. The van der Waals surface area contributed by atoms with Gasteiger partial charge in [0.15, 0.2) is 0 Å². The van der Waals surface area contributed by atoms with Crippen LogP contribution in [0.4, 0.5) is 5.69 Å². The zero-order valence-electron chi connectivity index (χ0n) is 16.0. The Morgan fingerprint density at radius 2 is 1.75 bits per heavy atom. The second-order valence-electron chi connectivity index (χ2n) is 7.30. The van der Waals surface area contributed by atoms with Crippen LogP contribution in [-0.2, 0) is 11.3 Å². The van der Waals surface area contributed by atoms with Gasteiger partial charge in [0.25, 0.3) is 5.69 Å². The largest absolute Gasteiger partial charge is 0.423 e. The second-order valence-corrected chi connectivity index (χ2v) is 7.68. The van der Waals surface area contributed by atoms with Crippen molar-refractivity contribution in [2.24, 2.45) is 5.41 Å². The lowest BCUT2D eigenvalue weighted by molar-refractivity contribution is -0.384. The Hall–Kier alpha value is -2.93. The summed E-state index contributed by atoms with van der Waals surface area (Å²) in [6.45, 7) is 7.28. The zero-order chi connectivity index (χ0) is 21.1. The van der Waals surface area contributed by atoms with Crippen molar-refractivity contribution in [2.45, 2.75) is 34.2 Å². The van der Waals surface area contributed by atoms with Crippen LogP contribution in [0.3, 0.4) is 0 Å². The van der Waals surface area contributed by atoms with Gasteiger partial charge in [0.05, 0.1) is 15.5 Å². The number of ether oxygens (including phenoxy) is 1. The lowest BCUT2D eigenvalue weighted by Gasteiger charge is -2.18. The number of nitro groups is 1. The number of benzene rings is 2. The van der Waals surface area contributed by atoms with Crippen molar-refractivity contribution in [2.75, 3.05) is 0 Å². The van der Waals surface area contributed by atoms with Crippen LogP contribution in [0.25, 0.3) is 0 Å². The molecule has 0 saturated heterocycles. The number of non-ortho nitro benzene ring substituents is 1. The first-order valence-electron chi connectivity index (χ1n) is 8.53. The van der Waals surface area contributed by atoms with Crippen LogP contribution < -0.4 is 10.1 Å². The van der Waals surface area contributed by atoms with Gasteiger partial charge in [-0.05, 0) is 30.2 Å². The summed E-state index contributed by atoms with van der Waals surface area (Å²) in [6.07, 6.45) is 0. The Labute approximate surface area is 167 Å². The fourth-order valence-electron chi connectivity index (χ4n) is 2.34. The molecule has 0 aliphatic heterocycles. The van der Waals surface area contributed by atoms with E-state index < -0.39 is 16.3 Å². The van der Waals surface area contributed by atoms with Crippen LogP contribution in [-0.4, -0.2) is 16.8 Å². The van der Waals surface area contributed by atoms with Gasteiger partial charge in [-0.1, -0.05) is 44.5 Å². The van der Waals surface area contributed by atoms with E-state index in [-0.39, 0.29) is 34.5 Å². The number of hydrogen-bond donors (Lipinski definition) is 1. The quantitative estimate of drug-likeness (QED) is 0.344. The third-order valence-electron chi connectivity index (χ3n) is 4.01. The Balaban J connectivity index is 2.21. The van der Waals surface area contributed by atoms with Gasteiger partial charge in [-0.3, -0.25) is 14.9 Å². The number of halogens is 1. The summed E-state index contributed by atoms with van der Waals surface area (Å²) >= 11 is 6.40. The molecule has 0 heterocycles. The molecule has 148 valence electrons. The maximum Gasteiger partial charge on any atom is 0.345 e. The smallest absolute Gasteiger partial charge is 0.345 e. The summed E-state index contributed by atoms with van der Waals surface area (Å²) in [5.74, 6) is -0.656. The molecule has 0 aliphatic carbocycles. The van der Waals surface area contributed by atoms with Crippen LogP contribution in [0.1, 0.15) is 42.3 Å². The molecule has 0 aromatic heterocycles. The molecule has 0 fully saturated rings. The standard InChI is InChI=1S/C20H21ClN2O5/c1-12-5-6-13(11-22-19(25)20(2,3)4)17(21)16(12)18(24)28-15-9-7-14(8-10-15)23(26)27/h5-10H,11H2,1-4H3,(H,22,25). The summed E-state index contributed by atoms with van der Waals surface area (Å²) < 4.78 is 5.30. The molecule has 0 spiro atoms. The molecule has 1 N–H and O–H groups in total. The average molecular weight is 405 g/mol. The number of aryl methyl sites for hydroxylation is 1. The van der Waals surface area contributed by atoms with Crippen LogP contribution in [0.15, 0.2) is 36.4 Å². The molecule has 1 amide bonds. The fraction of sp³-hybridized carbons (Fsp3) is 0.300. The molecule has 0 unspecified atom stereocenters. The molecule has 7 nitrogen and oxygen atoms in total. The van der Waals surface area contributed by atoms with Crippen molar-refractivity contribution >= 4 is 29.2 Å². The number of nitrogens with one attached hydrogen (secondary N) is 1. The van der Waals surface area contributed by atoms with E-state index in [2.05, 4.69) is 5.32 Å². The van der Waals surface area contributed by atoms with Crippen molar-refractivity contribution in [3.05, 3.63) is 68.2 Å². The summed E-state index contributed by atoms with van der Waals surface area (Å²) in [7, 11) is 0. The van der Waals surface area contributed by atoms with E-state index in [4.69, 9.17) is 16.3 Å². The van der Waals surface area contributed by atoms with Gasteiger partial charge in [0.1, 0.15) is 5.75 Å². The number of hydrogen-bond acceptors (Lipinski definition) is 5. The van der Waals surface area contributed by atoms with Gasteiger partial charge >= 0.3 is 5.97 Å². The van der Waals surface area contributed by atoms with Crippen molar-refractivity contribution in [1.82, 2.24) is 5.32 Å². The van der Waals surface area contributed by atoms with Crippen LogP contribution in [0.2, 0.25) is 5.02 Å². The van der Waals surface area contributed by atoms with Gasteiger partial charge in [0, 0.05) is 24.1 Å². The number of nitro benzene ring substituents is 1. The highest BCUT2D eigenvalue weighted by molar-refractivity contribution is 6.34. The Bertz CT molecular complexity index is 917. The first-order chi connectivity index (χ1) is 13.0. The number of carbonyl (C=O) groups excluding carboxylic acids is 2. The monoisotopic (exact) mass is 404 g/mol. The second kappa shape index (κ2) is 8.39. The highest BCUT2D eigenvalue weighted by Gasteiger charge is 2.23. The van der Waals surface area contributed by atoms with Gasteiger partial charge in [0.2, 0.25) is 5.91 Å². The fourth-order valence-corrected chi connectivity index (χ4v) is 2.69. The Morgan fingerprint density at radius 3 is 2.29 bits per heavy atom. The third kappa shape index (κ3) is 5.07. The van der Waals surface area contributed by atoms with E-state index in [1.807, 2.05) is 0 Å². The maximum atomic E-state index is 12.6. The highest BCUT2D eigenvalue weighted by atomic mass is 35.5. The van der Waals surface area contributed by atoms with Gasteiger partial charge < -0.3 is 10.1 Å². The molecule has 2 aromatic carbocycles. The molecule has 0 radical (unpaired) electrons. The topological polar surface area (TPSA) is 98.5 Å². The summed E-state index contributed by atoms with van der Waals surface area (Å²) in [5.41, 5.74) is 0.728. The molecule has 2 aromatic rings.